The highest BCUT2D eigenvalue weighted by molar-refractivity contribution is 7.09. The molecule has 0 aliphatic carbocycles. The van der Waals surface area contributed by atoms with Crippen LogP contribution in [0.15, 0.2) is 5.38 Å². The first-order valence-electron chi connectivity index (χ1n) is 7.29. The number of aromatic nitrogens is 3. The fourth-order valence-corrected chi connectivity index (χ4v) is 2.92. The van der Waals surface area contributed by atoms with Gasteiger partial charge < -0.3 is 10.6 Å². The topological polar surface area (TPSA) is 62.7 Å². The maximum atomic E-state index is 4.66. The van der Waals surface area contributed by atoms with Crippen LogP contribution < -0.4 is 10.6 Å². The molecule has 21 heavy (non-hydrogen) atoms. The second-order valence-corrected chi connectivity index (χ2v) is 6.04. The van der Waals surface area contributed by atoms with Crippen molar-refractivity contribution in [3.8, 4) is 0 Å². The quantitative estimate of drug-likeness (QED) is 0.851. The van der Waals surface area contributed by atoms with Gasteiger partial charge in [0.25, 0.3) is 0 Å². The Hall–Kier alpha value is -1.69. The minimum Gasteiger partial charge on any atom is -0.373 e. The Morgan fingerprint density at radius 2 is 1.90 bits per heavy atom. The molecule has 0 aromatic carbocycles. The van der Waals surface area contributed by atoms with Crippen LogP contribution in [0.2, 0.25) is 0 Å². The molecule has 2 aromatic heterocycles. The lowest BCUT2D eigenvalue weighted by Crippen LogP contribution is -2.13. The number of anilines is 2. The van der Waals surface area contributed by atoms with Gasteiger partial charge >= 0.3 is 0 Å². The van der Waals surface area contributed by atoms with Gasteiger partial charge in [-0.3, -0.25) is 0 Å². The number of nitrogens with zero attached hydrogens (tertiary/aromatic N) is 3. The average Bonchev–Trinajstić information content (AvgIpc) is 2.89. The molecule has 2 heterocycles. The normalized spacial score (nSPS) is 12.2. The maximum absolute atomic E-state index is 4.66. The standard InChI is InChI=1S/C15H23N5S/c1-6-7-12-19-13(16-5)10(3)14(20-12)18-11(4)15-17-9(2)8-21-15/h8,11H,6-7H2,1-5H3,(H2,16,18,19,20). The summed E-state index contributed by atoms with van der Waals surface area (Å²) in [5, 5.41) is 9.77. The highest BCUT2D eigenvalue weighted by atomic mass is 32.1. The van der Waals surface area contributed by atoms with E-state index in [1.54, 1.807) is 11.3 Å². The molecule has 0 aliphatic rings. The van der Waals surface area contributed by atoms with Gasteiger partial charge in [-0.05, 0) is 27.2 Å². The molecule has 0 bridgehead atoms. The Bertz CT molecular complexity index is 608. The Morgan fingerprint density at radius 1 is 1.19 bits per heavy atom. The molecule has 6 heteroatoms. The van der Waals surface area contributed by atoms with Crippen LogP contribution in [-0.2, 0) is 6.42 Å². The molecule has 2 N–H and O–H groups in total. The van der Waals surface area contributed by atoms with E-state index >= 15 is 0 Å². The second-order valence-electron chi connectivity index (χ2n) is 5.16. The van der Waals surface area contributed by atoms with Gasteiger partial charge in [0.05, 0.1) is 6.04 Å². The number of aryl methyl sites for hydroxylation is 2. The van der Waals surface area contributed by atoms with E-state index in [2.05, 4.69) is 44.8 Å². The molecule has 5 nitrogen and oxygen atoms in total. The van der Waals surface area contributed by atoms with Crippen molar-refractivity contribution >= 4 is 23.0 Å². The van der Waals surface area contributed by atoms with E-state index in [1.165, 1.54) is 0 Å². The van der Waals surface area contributed by atoms with Gasteiger partial charge in [0, 0.05) is 30.1 Å². The van der Waals surface area contributed by atoms with Crippen LogP contribution in [0, 0.1) is 13.8 Å². The van der Waals surface area contributed by atoms with Crippen molar-refractivity contribution in [2.24, 2.45) is 0 Å². The maximum Gasteiger partial charge on any atom is 0.135 e. The van der Waals surface area contributed by atoms with Gasteiger partial charge in [-0.25, -0.2) is 15.0 Å². The van der Waals surface area contributed by atoms with Crippen molar-refractivity contribution in [1.82, 2.24) is 15.0 Å². The van der Waals surface area contributed by atoms with E-state index in [9.17, 15) is 0 Å². The molecule has 0 amide bonds. The van der Waals surface area contributed by atoms with Gasteiger partial charge in [0.15, 0.2) is 0 Å². The Balaban J connectivity index is 2.27. The summed E-state index contributed by atoms with van der Waals surface area (Å²) in [6, 6.07) is 0.136. The molecular weight excluding hydrogens is 282 g/mol. The summed E-state index contributed by atoms with van der Waals surface area (Å²) in [6.45, 7) is 8.29. The van der Waals surface area contributed by atoms with Gasteiger partial charge in [-0.15, -0.1) is 11.3 Å². The summed E-state index contributed by atoms with van der Waals surface area (Å²) >= 11 is 1.67. The molecule has 0 spiro atoms. The van der Waals surface area contributed by atoms with Crippen molar-refractivity contribution in [2.75, 3.05) is 17.7 Å². The molecule has 0 fully saturated rings. The zero-order valence-electron chi connectivity index (χ0n) is 13.3. The Labute approximate surface area is 130 Å². The van der Waals surface area contributed by atoms with Crippen LogP contribution >= 0.6 is 11.3 Å². The van der Waals surface area contributed by atoms with Crippen LogP contribution in [0.1, 0.15) is 48.4 Å². The highest BCUT2D eigenvalue weighted by Gasteiger charge is 2.14. The SMILES string of the molecule is CCCc1nc(NC)c(C)c(NC(C)c2nc(C)cs2)n1. The summed E-state index contributed by atoms with van der Waals surface area (Å²) in [6.07, 6.45) is 1.92. The third kappa shape index (κ3) is 3.69. The largest absolute Gasteiger partial charge is 0.373 e. The number of hydrogen-bond acceptors (Lipinski definition) is 6. The first kappa shape index (κ1) is 15.7. The minimum absolute atomic E-state index is 0.136. The smallest absolute Gasteiger partial charge is 0.135 e. The van der Waals surface area contributed by atoms with E-state index in [4.69, 9.17) is 0 Å². The molecular formula is C15H23N5S. The third-order valence-corrected chi connectivity index (χ3v) is 4.41. The van der Waals surface area contributed by atoms with E-state index in [0.717, 1.165) is 46.6 Å². The fraction of sp³-hybridized carbons (Fsp3) is 0.533. The monoisotopic (exact) mass is 305 g/mol. The molecule has 2 aromatic rings. The molecule has 2 rings (SSSR count). The lowest BCUT2D eigenvalue weighted by Gasteiger charge is -2.17. The predicted molar refractivity (Wildman–Crippen MR) is 89.2 cm³/mol. The van der Waals surface area contributed by atoms with Crippen LogP contribution in [0.25, 0.3) is 0 Å². The van der Waals surface area contributed by atoms with E-state index in [0.29, 0.717) is 0 Å². The number of nitrogens with one attached hydrogen (secondary N) is 2. The van der Waals surface area contributed by atoms with Crippen molar-refractivity contribution < 1.29 is 0 Å². The summed E-state index contributed by atoms with van der Waals surface area (Å²) in [5.74, 6) is 2.65. The van der Waals surface area contributed by atoms with Crippen molar-refractivity contribution in [3.63, 3.8) is 0 Å². The molecule has 114 valence electrons. The molecule has 1 unspecified atom stereocenters. The predicted octanol–water partition coefficient (Wildman–Crippen LogP) is 3.72. The van der Waals surface area contributed by atoms with E-state index < -0.39 is 0 Å². The van der Waals surface area contributed by atoms with Crippen LogP contribution in [0.4, 0.5) is 11.6 Å². The van der Waals surface area contributed by atoms with Crippen molar-refractivity contribution in [2.45, 2.75) is 46.6 Å². The first-order valence-corrected chi connectivity index (χ1v) is 8.17. The van der Waals surface area contributed by atoms with Gasteiger partial charge in [0.2, 0.25) is 0 Å². The van der Waals surface area contributed by atoms with Crippen LogP contribution in [0.3, 0.4) is 0 Å². The second kappa shape index (κ2) is 6.85. The molecule has 0 saturated carbocycles. The van der Waals surface area contributed by atoms with Crippen molar-refractivity contribution in [1.29, 1.82) is 0 Å². The van der Waals surface area contributed by atoms with Gasteiger partial charge in [0.1, 0.15) is 22.5 Å². The number of hydrogen-bond donors (Lipinski definition) is 2. The highest BCUT2D eigenvalue weighted by Crippen LogP contribution is 2.26. The molecule has 1 atom stereocenters. The lowest BCUT2D eigenvalue weighted by molar-refractivity contribution is 0.811. The van der Waals surface area contributed by atoms with Gasteiger partial charge in [-0.2, -0.15) is 0 Å². The van der Waals surface area contributed by atoms with E-state index in [1.807, 2.05) is 20.9 Å². The fourth-order valence-electron chi connectivity index (χ4n) is 2.12. The van der Waals surface area contributed by atoms with Crippen molar-refractivity contribution in [3.05, 3.63) is 27.5 Å². The first-order chi connectivity index (χ1) is 10.0. The molecule has 0 saturated heterocycles. The zero-order valence-corrected chi connectivity index (χ0v) is 14.1. The Morgan fingerprint density at radius 3 is 2.48 bits per heavy atom. The van der Waals surface area contributed by atoms with E-state index in [-0.39, 0.29) is 6.04 Å². The summed E-state index contributed by atoms with van der Waals surface area (Å²) in [5.41, 5.74) is 2.10. The zero-order chi connectivity index (χ0) is 15.4. The minimum atomic E-state index is 0.136. The van der Waals surface area contributed by atoms with Crippen LogP contribution in [-0.4, -0.2) is 22.0 Å². The molecule has 0 radical (unpaired) electrons. The van der Waals surface area contributed by atoms with Crippen LogP contribution in [0.5, 0.6) is 0 Å². The summed E-state index contributed by atoms with van der Waals surface area (Å²) < 4.78 is 0. The third-order valence-electron chi connectivity index (χ3n) is 3.26. The average molecular weight is 305 g/mol. The van der Waals surface area contributed by atoms with Gasteiger partial charge in [-0.1, -0.05) is 6.92 Å². The Kier molecular flexibility index (Phi) is 5.12. The summed E-state index contributed by atoms with van der Waals surface area (Å²) in [7, 11) is 1.89. The number of rotatable bonds is 6. The molecule has 0 aliphatic heterocycles. The summed E-state index contributed by atoms with van der Waals surface area (Å²) in [4.78, 5) is 13.7. The number of thiazole rings is 1. The lowest BCUT2D eigenvalue weighted by atomic mass is 10.2.